The highest BCUT2D eigenvalue weighted by Crippen LogP contribution is 2.26. The number of para-hydroxylation sites is 1. The van der Waals surface area contributed by atoms with Gasteiger partial charge in [0.15, 0.2) is 6.61 Å². The third kappa shape index (κ3) is 4.67. The van der Waals surface area contributed by atoms with E-state index in [2.05, 4.69) is 4.98 Å². The molecule has 0 atom stereocenters. The molecule has 3 rings (SSSR count). The number of thiophene rings is 1. The number of esters is 1. The minimum absolute atomic E-state index is 0.0407. The summed E-state index contributed by atoms with van der Waals surface area (Å²) < 4.78 is 10.8. The minimum Gasteiger partial charge on any atom is -0.455 e. The maximum Gasteiger partial charge on any atom is 0.312 e. The molecule has 0 saturated heterocycles. The number of benzene rings is 1. The maximum atomic E-state index is 12.6. The largest absolute Gasteiger partial charge is 0.455 e. The third-order valence-corrected chi connectivity index (χ3v) is 4.97. The molecule has 0 N–H and O–H groups in total. The summed E-state index contributed by atoms with van der Waals surface area (Å²) >= 11 is 1.51. The van der Waals surface area contributed by atoms with Crippen LogP contribution in [0.4, 0.5) is 5.69 Å². The molecule has 6 nitrogen and oxygen atoms in total. The van der Waals surface area contributed by atoms with E-state index < -0.39 is 5.97 Å². The third-order valence-electron chi connectivity index (χ3n) is 4.11. The van der Waals surface area contributed by atoms with Crippen LogP contribution < -0.4 is 4.90 Å². The van der Waals surface area contributed by atoms with Crippen molar-refractivity contribution in [3.63, 3.8) is 0 Å². The molecule has 0 unspecified atom stereocenters. The Morgan fingerprint density at radius 2 is 1.93 bits per heavy atom. The number of rotatable bonds is 7. The summed E-state index contributed by atoms with van der Waals surface area (Å²) in [6.07, 6.45) is -0.0407. The molecule has 0 bridgehead atoms. The fourth-order valence-electron chi connectivity index (χ4n) is 2.82. The van der Waals surface area contributed by atoms with Crippen LogP contribution >= 0.6 is 11.3 Å². The Bertz CT molecular complexity index is 933. The standard InChI is InChI=1S/C21H22N2O4S/c1-14(2)23(16-8-5-4-6-9-16)19(24)13-26-20(25)12-17-15(3)27-21(22-17)18-10-7-11-28-18/h4-11,14H,12-13H2,1-3H3. The first kappa shape index (κ1) is 19.8. The van der Waals surface area contributed by atoms with Crippen molar-refractivity contribution in [2.75, 3.05) is 11.5 Å². The zero-order valence-corrected chi connectivity index (χ0v) is 16.9. The van der Waals surface area contributed by atoms with Gasteiger partial charge in [0.1, 0.15) is 5.76 Å². The zero-order valence-electron chi connectivity index (χ0n) is 16.0. The second kappa shape index (κ2) is 8.84. The normalized spacial score (nSPS) is 10.9. The van der Waals surface area contributed by atoms with Crippen LogP contribution in [0.15, 0.2) is 52.3 Å². The van der Waals surface area contributed by atoms with Crippen molar-refractivity contribution in [2.24, 2.45) is 0 Å². The number of hydrogen-bond acceptors (Lipinski definition) is 6. The monoisotopic (exact) mass is 398 g/mol. The van der Waals surface area contributed by atoms with Crippen molar-refractivity contribution < 1.29 is 18.7 Å². The number of nitrogens with zero attached hydrogens (tertiary/aromatic N) is 2. The molecule has 0 spiro atoms. The molecule has 0 saturated carbocycles. The lowest BCUT2D eigenvalue weighted by Crippen LogP contribution is -2.40. The van der Waals surface area contributed by atoms with Gasteiger partial charge in [0.25, 0.3) is 5.91 Å². The van der Waals surface area contributed by atoms with Crippen LogP contribution in [0, 0.1) is 6.92 Å². The molecule has 28 heavy (non-hydrogen) atoms. The van der Waals surface area contributed by atoms with E-state index >= 15 is 0 Å². The number of anilines is 1. The van der Waals surface area contributed by atoms with Gasteiger partial charge in [-0.15, -0.1) is 11.3 Å². The van der Waals surface area contributed by atoms with Crippen molar-refractivity contribution in [1.29, 1.82) is 0 Å². The highest BCUT2D eigenvalue weighted by molar-refractivity contribution is 7.13. The first-order valence-electron chi connectivity index (χ1n) is 8.98. The van der Waals surface area contributed by atoms with Crippen LogP contribution in [0.3, 0.4) is 0 Å². The van der Waals surface area contributed by atoms with E-state index in [1.54, 1.807) is 11.8 Å². The number of carbonyl (C=O) groups excluding carboxylic acids is 2. The second-order valence-electron chi connectivity index (χ2n) is 6.53. The van der Waals surface area contributed by atoms with Gasteiger partial charge in [-0.1, -0.05) is 24.3 Å². The van der Waals surface area contributed by atoms with Crippen molar-refractivity contribution in [3.8, 4) is 10.8 Å². The second-order valence-corrected chi connectivity index (χ2v) is 7.48. The smallest absolute Gasteiger partial charge is 0.312 e. The summed E-state index contributed by atoms with van der Waals surface area (Å²) in [7, 11) is 0. The minimum atomic E-state index is -0.515. The fourth-order valence-corrected chi connectivity index (χ4v) is 3.46. The Morgan fingerprint density at radius 1 is 1.18 bits per heavy atom. The average Bonchev–Trinajstić information content (AvgIpc) is 3.31. The number of carbonyl (C=O) groups is 2. The van der Waals surface area contributed by atoms with Gasteiger partial charge in [0.05, 0.1) is 17.0 Å². The van der Waals surface area contributed by atoms with Crippen LogP contribution in [0.5, 0.6) is 0 Å². The SMILES string of the molecule is Cc1oc(-c2cccs2)nc1CC(=O)OCC(=O)N(c1ccccc1)C(C)C. The van der Waals surface area contributed by atoms with E-state index in [4.69, 9.17) is 9.15 Å². The topological polar surface area (TPSA) is 72.6 Å². The number of oxazole rings is 1. The highest BCUT2D eigenvalue weighted by Gasteiger charge is 2.21. The summed E-state index contributed by atoms with van der Waals surface area (Å²) in [4.78, 5) is 31.7. The fraction of sp³-hybridized carbons (Fsp3) is 0.286. The molecule has 0 radical (unpaired) electrons. The number of amides is 1. The van der Waals surface area contributed by atoms with Gasteiger partial charge in [-0.25, -0.2) is 4.98 Å². The first-order valence-corrected chi connectivity index (χ1v) is 9.86. The number of aryl methyl sites for hydroxylation is 1. The van der Waals surface area contributed by atoms with Gasteiger partial charge in [-0.3, -0.25) is 9.59 Å². The van der Waals surface area contributed by atoms with E-state index in [1.807, 2.05) is 61.7 Å². The summed E-state index contributed by atoms with van der Waals surface area (Å²) in [5.41, 5.74) is 1.29. The van der Waals surface area contributed by atoms with Gasteiger partial charge in [-0.2, -0.15) is 0 Å². The summed E-state index contributed by atoms with van der Waals surface area (Å²) in [5, 5.41) is 1.93. The molecule has 146 valence electrons. The van der Waals surface area contributed by atoms with Gasteiger partial charge in [0.2, 0.25) is 5.89 Å². The van der Waals surface area contributed by atoms with Gasteiger partial charge in [0, 0.05) is 11.7 Å². The van der Waals surface area contributed by atoms with Gasteiger partial charge >= 0.3 is 5.97 Å². The quantitative estimate of drug-likeness (QED) is 0.557. The van der Waals surface area contributed by atoms with Crippen LogP contribution in [-0.2, 0) is 20.7 Å². The van der Waals surface area contributed by atoms with Crippen LogP contribution in [0.2, 0.25) is 0 Å². The van der Waals surface area contributed by atoms with E-state index in [9.17, 15) is 9.59 Å². The van der Waals surface area contributed by atoms with E-state index in [0.717, 1.165) is 10.6 Å². The predicted octanol–water partition coefficient (Wildman–Crippen LogP) is 4.24. The molecule has 0 aliphatic rings. The number of hydrogen-bond donors (Lipinski definition) is 0. The molecular weight excluding hydrogens is 376 g/mol. The Morgan fingerprint density at radius 3 is 2.57 bits per heavy atom. The van der Waals surface area contributed by atoms with E-state index in [-0.39, 0.29) is 25.0 Å². The highest BCUT2D eigenvalue weighted by atomic mass is 32.1. The van der Waals surface area contributed by atoms with Gasteiger partial charge < -0.3 is 14.1 Å². The molecule has 1 amide bonds. The molecule has 0 fully saturated rings. The Hall–Kier alpha value is -2.93. The lowest BCUT2D eigenvalue weighted by Gasteiger charge is -2.26. The summed E-state index contributed by atoms with van der Waals surface area (Å²) in [5.74, 6) is 0.270. The average molecular weight is 398 g/mol. The first-order chi connectivity index (χ1) is 13.5. The lowest BCUT2D eigenvalue weighted by molar-refractivity contribution is -0.147. The van der Waals surface area contributed by atoms with Crippen molar-refractivity contribution in [2.45, 2.75) is 33.2 Å². The van der Waals surface area contributed by atoms with Crippen molar-refractivity contribution in [1.82, 2.24) is 4.98 Å². The predicted molar refractivity (Wildman–Crippen MR) is 108 cm³/mol. The summed E-state index contributed by atoms with van der Waals surface area (Å²) in [6, 6.07) is 13.1. The Balaban J connectivity index is 1.60. The molecule has 3 aromatic rings. The molecule has 2 aromatic heterocycles. The van der Waals surface area contributed by atoms with E-state index in [0.29, 0.717) is 17.3 Å². The molecular formula is C21H22N2O4S. The van der Waals surface area contributed by atoms with Crippen LogP contribution in [-0.4, -0.2) is 29.5 Å². The van der Waals surface area contributed by atoms with Crippen molar-refractivity contribution >= 4 is 28.9 Å². The van der Waals surface area contributed by atoms with Gasteiger partial charge in [-0.05, 0) is 44.4 Å². The number of aromatic nitrogens is 1. The molecule has 0 aliphatic carbocycles. The zero-order chi connectivity index (χ0) is 20.1. The van der Waals surface area contributed by atoms with Crippen LogP contribution in [0.25, 0.3) is 10.8 Å². The van der Waals surface area contributed by atoms with Crippen molar-refractivity contribution in [3.05, 3.63) is 59.3 Å². The summed E-state index contributed by atoms with van der Waals surface area (Å²) in [6.45, 7) is 5.27. The molecule has 7 heteroatoms. The van der Waals surface area contributed by atoms with Crippen LogP contribution in [0.1, 0.15) is 25.3 Å². The van der Waals surface area contributed by atoms with E-state index in [1.165, 1.54) is 11.3 Å². The molecule has 0 aliphatic heterocycles. The maximum absolute atomic E-state index is 12.6. The Kier molecular flexibility index (Phi) is 6.26. The Labute approximate surface area is 167 Å². The molecule has 2 heterocycles. The number of ether oxygens (including phenoxy) is 1. The lowest BCUT2D eigenvalue weighted by atomic mass is 10.2. The molecule has 1 aromatic carbocycles.